The predicted octanol–water partition coefficient (Wildman–Crippen LogP) is 0.511. The molecular formula is C8H18N2O. The molecule has 0 rings (SSSR count). The highest BCUT2D eigenvalue weighted by Gasteiger charge is 2.00. The van der Waals surface area contributed by atoms with Crippen LogP contribution in [0.4, 0.5) is 0 Å². The number of hydrogen-bond donors (Lipinski definition) is 2. The van der Waals surface area contributed by atoms with E-state index in [1.807, 2.05) is 20.8 Å². The van der Waals surface area contributed by atoms with Crippen molar-refractivity contribution in [1.29, 1.82) is 0 Å². The molecule has 11 heavy (non-hydrogen) atoms. The molecule has 0 aromatic rings. The van der Waals surface area contributed by atoms with E-state index in [-0.39, 0.29) is 11.9 Å². The van der Waals surface area contributed by atoms with Gasteiger partial charge in [-0.3, -0.25) is 4.79 Å². The van der Waals surface area contributed by atoms with Crippen LogP contribution < -0.4 is 10.6 Å². The highest BCUT2D eigenvalue weighted by molar-refractivity contribution is 5.76. The van der Waals surface area contributed by atoms with E-state index in [4.69, 9.17) is 0 Å². The lowest BCUT2D eigenvalue weighted by Gasteiger charge is -2.07. The van der Waals surface area contributed by atoms with Crippen LogP contribution in [0.25, 0.3) is 0 Å². The second-order valence-corrected chi connectivity index (χ2v) is 2.83. The van der Waals surface area contributed by atoms with Crippen molar-refractivity contribution in [3.8, 4) is 0 Å². The van der Waals surface area contributed by atoms with Gasteiger partial charge in [0.25, 0.3) is 0 Å². The van der Waals surface area contributed by atoms with Gasteiger partial charge in [-0.05, 0) is 20.4 Å². The molecule has 0 atom stereocenters. The van der Waals surface area contributed by atoms with E-state index in [1.165, 1.54) is 0 Å². The summed E-state index contributed by atoms with van der Waals surface area (Å²) in [7, 11) is 0. The first-order valence-corrected chi connectivity index (χ1v) is 4.17. The Bertz CT molecular complexity index is 113. The number of rotatable bonds is 5. The van der Waals surface area contributed by atoms with Gasteiger partial charge in [-0.25, -0.2) is 0 Å². The smallest absolute Gasteiger partial charge is 0.221 e. The largest absolute Gasteiger partial charge is 0.354 e. The molecule has 0 heterocycles. The van der Waals surface area contributed by atoms with Crippen LogP contribution in [0.1, 0.15) is 27.2 Å². The molecule has 0 saturated heterocycles. The quantitative estimate of drug-likeness (QED) is 0.572. The van der Waals surface area contributed by atoms with Crippen LogP contribution in [0.3, 0.4) is 0 Å². The van der Waals surface area contributed by atoms with Gasteiger partial charge in [-0.1, -0.05) is 6.92 Å². The summed E-state index contributed by atoms with van der Waals surface area (Å²) in [5.41, 5.74) is 0. The predicted molar refractivity (Wildman–Crippen MR) is 46.4 cm³/mol. The molecule has 0 saturated carbocycles. The molecule has 0 radical (unpaired) electrons. The second-order valence-electron chi connectivity index (χ2n) is 2.83. The first-order valence-electron chi connectivity index (χ1n) is 4.17. The lowest BCUT2D eigenvalue weighted by Crippen LogP contribution is -2.32. The Morgan fingerprint density at radius 3 is 2.55 bits per heavy atom. The van der Waals surface area contributed by atoms with Crippen molar-refractivity contribution in [3.63, 3.8) is 0 Å². The van der Waals surface area contributed by atoms with E-state index >= 15 is 0 Å². The summed E-state index contributed by atoms with van der Waals surface area (Å²) in [6.07, 6.45) is 0.575. The molecule has 3 nitrogen and oxygen atoms in total. The summed E-state index contributed by atoms with van der Waals surface area (Å²) in [5, 5.41) is 5.91. The van der Waals surface area contributed by atoms with E-state index in [0.717, 1.165) is 13.1 Å². The molecule has 0 aromatic heterocycles. The van der Waals surface area contributed by atoms with Crippen molar-refractivity contribution in [1.82, 2.24) is 10.6 Å². The van der Waals surface area contributed by atoms with Crippen molar-refractivity contribution in [2.75, 3.05) is 13.1 Å². The molecule has 66 valence electrons. The SMILES string of the molecule is CCNCCC(=O)NC(C)C. The van der Waals surface area contributed by atoms with Crippen LogP contribution in [0.2, 0.25) is 0 Å². The van der Waals surface area contributed by atoms with E-state index in [0.29, 0.717) is 6.42 Å². The average molecular weight is 158 g/mol. The van der Waals surface area contributed by atoms with Gasteiger partial charge in [-0.2, -0.15) is 0 Å². The molecule has 0 spiro atoms. The maximum Gasteiger partial charge on any atom is 0.221 e. The fourth-order valence-electron chi connectivity index (χ4n) is 0.773. The summed E-state index contributed by atoms with van der Waals surface area (Å²) in [4.78, 5) is 11.0. The molecule has 0 aliphatic heterocycles. The molecular weight excluding hydrogens is 140 g/mol. The lowest BCUT2D eigenvalue weighted by molar-refractivity contribution is -0.121. The third kappa shape index (κ3) is 7.33. The van der Waals surface area contributed by atoms with Crippen molar-refractivity contribution in [3.05, 3.63) is 0 Å². The highest BCUT2D eigenvalue weighted by Crippen LogP contribution is 1.81. The standard InChI is InChI=1S/C8H18N2O/c1-4-9-6-5-8(11)10-7(2)3/h7,9H,4-6H2,1-3H3,(H,10,11). The van der Waals surface area contributed by atoms with Crippen LogP contribution in [-0.4, -0.2) is 25.0 Å². The number of amides is 1. The summed E-state index contributed by atoms with van der Waals surface area (Å²) in [6, 6.07) is 0.254. The Kier molecular flexibility index (Phi) is 5.84. The van der Waals surface area contributed by atoms with E-state index < -0.39 is 0 Å². The number of carbonyl (C=O) groups excluding carboxylic acids is 1. The maximum atomic E-state index is 11.0. The topological polar surface area (TPSA) is 41.1 Å². The number of carbonyl (C=O) groups is 1. The van der Waals surface area contributed by atoms with Crippen LogP contribution >= 0.6 is 0 Å². The molecule has 0 bridgehead atoms. The van der Waals surface area contributed by atoms with Gasteiger partial charge in [0.2, 0.25) is 5.91 Å². The zero-order chi connectivity index (χ0) is 8.69. The summed E-state index contributed by atoms with van der Waals surface area (Å²) < 4.78 is 0. The molecule has 0 fully saturated rings. The van der Waals surface area contributed by atoms with Crippen molar-refractivity contribution in [2.45, 2.75) is 33.2 Å². The highest BCUT2D eigenvalue weighted by atomic mass is 16.1. The zero-order valence-electron chi connectivity index (χ0n) is 7.61. The number of hydrogen-bond acceptors (Lipinski definition) is 2. The molecule has 2 N–H and O–H groups in total. The monoisotopic (exact) mass is 158 g/mol. The van der Waals surface area contributed by atoms with Gasteiger partial charge >= 0.3 is 0 Å². The molecule has 3 heteroatoms. The second kappa shape index (κ2) is 6.16. The fourth-order valence-corrected chi connectivity index (χ4v) is 0.773. The number of nitrogens with one attached hydrogen (secondary N) is 2. The molecule has 0 unspecified atom stereocenters. The first-order chi connectivity index (χ1) is 5.16. The Morgan fingerprint density at radius 2 is 2.09 bits per heavy atom. The van der Waals surface area contributed by atoms with Crippen molar-refractivity contribution < 1.29 is 4.79 Å². The van der Waals surface area contributed by atoms with Gasteiger partial charge in [0, 0.05) is 19.0 Å². The van der Waals surface area contributed by atoms with E-state index in [9.17, 15) is 4.79 Å². The summed E-state index contributed by atoms with van der Waals surface area (Å²) >= 11 is 0. The Hall–Kier alpha value is -0.570. The fraction of sp³-hybridized carbons (Fsp3) is 0.875. The van der Waals surface area contributed by atoms with Gasteiger partial charge in [0.05, 0.1) is 0 Å². The van der Waals surface area contributed by atoms with Gasteiger partial charge in [0.15, 0.2) is 0 Å². The molecule has 0 aromatic carbocycles. The zero-order valence-corrected chi connectivity index (χ0v) is 7.61. The van der Waals surface area contributed by atoms with Crippen LogP contribution in [0.5, 0.6) is 0 Å². The molecule has 1 amide bonds. The average Bonchev–Trinajstić information content (AvgIpc) is 1.86. The normalized spacial score (nSPS) is 10.2. The third-order valence-corrected chi connectivity index (χ3v) is 1.23. The van der Waals surface area contributed by atoms with Gasteiger partial charge in [0.1, 0.15) is 0 Å². The first kappa shape index (κ1) is 10.4. The van der Waals surface area contributed by atoms with Crippen molar-refractivity contribution in [2.24, 2.45) is 0 Å². The minimum atomic E-state index is 0.126. The van der Waals surface area contributed by atoms with Gasteiger partial charge < -0.3 is 10.6 Å². The van der Waals surface area contributed by atoms with Crippen LogP contribution in [0, 0.1) is 0 Å². The third-order valence-electron chi connectivity index (χ3n) is 1.23. The lowest BCUT2D eigenvalue weighted by atomic mass is 10.3. The minimum absolute atomic E-state index is 0.126. The summed E-state index contributed by atoms with van der Waals surface area (Å²) in [6.45, 7) is 7.65. The van der Waals surface area contributed by atoms with Crippen LogP contribution in [-0.2, 0) is 4.79 Å². The Balaban J connectivity index is 3.23. The van der Waals surface area contributed by atoms with E-state index in [1.54, 1.807) is 0 Å². The molecule has 0 aliphatic rings. The van der Waals surface area contributed by atoms with Gasteiger partial charge in [-0.15, -0.1) is 0 Å². The maximum absolute atomic E-state index is 11.0. The minimum Gasteiger partial charge on any atom is -0.354 e. The van der Waals surface area contributed by atoms with Crippen molar-refractivity contribution >= 4 is 5.91 Å². The Morgan fingerprint density at radius 1 is 1.45 bits per heavy atom. The Labute approximate surface area is 68.6 Å². The summed E-state index contributed by atoms with van der Waals surface area (Å²) in [5.74, 6) is 0.126. The molecule has 0 aliphatic carbocycles. The van der Waals surface area contributed by atoms with E-state index in [2.05, 4.69) is 10.6 Å². The van der Waals surface area contributed by atoms with Crippen LogP contribution in [0.15, 0.2) is 0 Å².